The number of aryl methyl sites for hydroxylation is 1. The monoisotopic (exact) mass is 382 g/mol. The second-order valence-electron chi connectivity index (χ2n) is 5.95. The zero-order chi connectivity index (χ0) is 17.8. The first-order valence-electron chi connectivity index (χ1n) is 8.16. The number of morpholine rings is 1. The summed E-state index contributed by atoms with van der Waals surface area (Å²) in [6.07, 6.45) is 0. The van der Waals surface area contributed by atoms with Gasteiger partial charge in [-0.2, -0.15) is 0 Å². The number of rotatable bonds is 5. The SMILES string of the molecule is Cc1ccc(C(CNC(=O)c2ccc(Cl)c(Cl)c2)N2CCOCC2)o1. The van der Waals surface area contributed by atoms with Gasteiger partial charge >= 0.3 is 0 Å². The molecular weight excluding hydrogens is 363 g/mol. The van der Waals surface area contributed by atoms with E-state index >= 15 is 0 Å². The Labute approximate surface area is 156 Å². The lowest BCUT2D eigenvalue weighted by Gasteiger charge is -2.33. The summed E-state index contributed by atoms with van der Waals surface area (Å²) in [5.41, 5.74) is 0.478. The molecule has 1 atom stereocenters. The molecule has 0 radical (unpaired) electrons. The molecule has 134 valence electrons. The molecule has 3 rings (SSSR count). The molecule has 1 saturated heterocycles. The van der Waals surface area contributed by atoms with Gasteiger partial charge < -0.3 is 14.5 Å². The molecule has 0 spiro atoms. The Kier molecular flexibility index (Phi) is 6.02. The van der Waals surface area contributed by atoms with Crippen molar-refractivity contribution in [2.75, 3.05) is 32.8 Å². The molecule has 1 aromatic carbocycles. The minimum atomic E-state index is -0.194. The molecule has 0 bridgehead atoms. The average Bonchev–Trinajstić information content (AvgIpc) is 3.04. The van der Waals surface area contributed by atoms with Crippen LogP contribution in [-0.4, -0.2) is 43.7 Å². The number of carbonyl (C=O) groups excluding carboxylic acids is 1. The third-order valence-corrected chi connectivity index (χ3v) is 4.95. The van der Waals surface area contributed by atoms with Crippen molar-refractivity contribution in [1.82, 2.24) is 10.2 Å². The average molecular weight is 383 g/mol. The molecule has 2 heterocycles. The fraction of sp³-hybridized carbons (Fsp3) is 0.389. The third-order valence-electron chi connectivity index (χ3n) is 4.21. The smallest absolute Gasteiger partial charge is 0.251 e. The molecule has 5 nitrogen and oxygen atoms in total. The Bertz CT molecular complexity index is 742. The predicted octanol–water partition coefficient (Wildman–Crippen LogP) is 3.70. The molecule has 2 aromatic rings. The number of amides is 1. The topological polar surface area (TPSA) is 54.7 Å². The summed E-state index contributed by atoms with van der Waals surface area (Å²) in [5.74, 6) is 1.50. The second-order valence-corrected chi connectivity index (χ2v) is 6.77. The van der Waals surface area contributed by atoms with E-state index in [2.05, 4.69) is 10.2 Å². The quantitative estimate of drug-likeness (QED) is 0.856. The van der Waals surface area contributed by atoms with Crippen molar-refractivity contribution in [3.8, 4) is 0 Å². The van der Waals surface area contributed by atoms with Crippen molar-refractivity contribution in [3.05, 3.63) is 57.5 Å². The van der Waals surface area contributed by atoms with E-state index in [0.717, 1.165) is 24.6 Å². The first-order valence-corrected chi connectivity index (χ1v) is 8.91. The number of benzene rings is 1. The maximum Gasteiger partial charge on any atom is 0.251 e. The highest BCUT2D eigenvalue weighted by molar-refractivity contribution is 6.42. The van der Waals surface area contributed by atoms with Crippen LogP contribution in [0.2, 0.25) is 10.0 Å². The van der Waals surface area contributed by atoms with Crippen LogP contribution in [0.1, 0.15) is 27.9 Å². The van der Waals surface area contributed by atoms with Crippen molar-refractivity contribution in [3.63, 3.8) is 0 Å². The number of halogens is 2. The van der Waals surface area contributed by atoms with E-state index in [-0.39, 0.29) is 11.9 Å². The Morgan fingerprint density at radius 1 is 1.20 bits per heavy atom. The van der Waals surface area contributed by atoms with Gasteiger partial charge in [0.05, 0.1) is 29.3 Å². The van der Waals surface area contributed by atoms with Crippen molar-refractivity contribution < 1.29 is 13.9 Å². The highest BCUT2D eigenvalue weighted by Crippen LogP contribution is 2.25. The van der Waals surface area contributed by atoms with Gasteiger partial charge in [0.25, 0.3) is 5.91 Å². The van der Waals surface area contributed by atoms with E-state index in [1.54, 1.807) is 18.2 Å². The van der Waals surface area contributed by atoms with Crippen molar-refractivity contribution >= 4 is 29.1 Å². The van der Waals surface area contributed by atoms with E-state index in [1.807, 2.05) is 19.1 Å². The van der Waals surface area contributed by atoms with Crippen LogP contribution >= 0.6 is 23.2 Å². The number of nitrogens with one attached hydrogen (secondary N) is 1. The number of ether oxygens (including phenoxy) is 1. The lowest BCUT2D eigenvalue weighted by atomic mass is 10.1. The van der Waals surface area contributed by atoms with Crippen LogP contribution in [0.3, 0.4) is 0 Å². The fourth-order valence-electron chi connectivity index (χ4n) is 2.86. The number of nitrogens with zero attached hydrogens (tertiary/aromatic N) is 1. The minimum Gasteiger partial charge on any atom is -0.465 e. The second kappa shape index (κ2) is 8.23. The standard InChI is InChI=1S/C18H20Cl2N2O3/c1-12-2-5-17(25-12)16(22-6-8-24-9-7-22)11-21-18(23)13-3-4-14(19)15(20)10-13/h2-5,10,16H,6-9,11H2,1H3,(H,21,23). The van der Waals surface area contributed by atoms with Crippen LogP contribution in [0.5, 0.6) is 0 Å². The lowest BCUT2D eigenvalue weighted by Crippen LogP contribution is -2.43. The molecule has 1 aliphatic rings. The highest BCUT2D eigenvalue weighted by atomic mass is 35.5. The van der Waals surface area contributed by atoms with Gasteiger partial charge in [-0.25, -0.2) is 0 Å². The summed E-state index contributed by atoms with van der Waals surface area (Å²) >= 11 is 11.9. The minimum absolute atomic E-state index is 0.0377. The summed E-state index contributed by atoms with van der Waals surface area (Å²) in [4.78, 5) is 14.7. The number of carbonyl (C=O) groups is 1. The molecule has 1 aliphatic heterocycles. The van der Waals surface area contributed by atoms with Gasteiger partial charge in [0, 0.05) is 25.2 Å². The largest absolute Gasteiger partial charge is 0.465 e. The van der Waals surface area contributed by atoms with Crippen molar-refractivity contribution in [2.45, 2.75) is 13.0 Å². The van der Waals surface area contributed by atoms with Crippen LogP contribution in [0, 0.1) is 6.92 Å². The Balaban J connectivity index is 1.71. The van der Waals surface area contributed by atoms with E-state index < -0.39 is 0 Å². The normalized spacial score (nSPS) is 16.6. The number of hydrogen-bond donors (Lipinski definition) is 1. The molecule has 0 aliphatic carbocycles. The lowest BCUT2D eigenvalue weighted by molar-refractivity contribution is 0.0117. The van der Waals surface area contributed by atoms with E-state index in [4.69, 9.17) is 32.4 Å². The maximum absolute atomic E-state index is 12.4. The molecule has 25 heavy (non-hydrogen) atoms. The van der Waals surface area contributed by atoms with Crippen LogP contribution in [0.15, 0.2) is 34.7 Å². The van der Waals surface area contributed by atoms with Crippen molar-refractivity contribution in [1.29, 1.82) is 0 Å². The summed E-state index contributed by atoms with van der Waals surface area (Å²) in [7, 11) is 0. The summed E-state index contributed by atoms with van der Waals surface area (Å²) in [6.45, 7) is 5.30. The van der Waals surface area contributed by atoms with Crippen molar-refractivity contribution in [2.24, 2.45) is 0 Å². The molecule has 0 saturated carbocycles. The summed E-state index contributed by atoms with van der Waals surface area (Å²) < 4.78 is 11.2. The van der Waals surface area contributed by atoms with Gasteiger partial charge in [0.1, 0.15) is 11.5 Å². The first kappa shape index (κ1) is 18.3. The van der Waals surface area contributed by atoms with Gasteiger partial charge in [0.15, 0.2) is 0 Å². The Hall–Kier alpha value is -1.53. The summed E-state index contributed by atoms with van der Waals surface area (Å²) in [5, 5.41) is 3.76. The van der Waals surface area contributed by atoms with Crippen LogP contribution in [-0.2, 0) is 4.74 Å². The van der Waals surface area contributed by atoms with E-state index in [1.165, 1.54) is 0 Å². The Morgan fingerprint density at radius 3 is 2.60 bits per heavy atom. The molecule has 7 heteroatoms. The van der Waals surface area contributed by atoms with Crippen LogP contribution < -0.4 is 5.32 Å². The molecule has 1 unspecified atom stereocenters. The molecule has 1 aromatic heterocycles. The number of furan rings is 1. The fourth-order valence-corrected chi connectivity index (χ4v) is 3.16. The summed E-state index contributed by atoms with van der Waals surface area (Å²) in [6, 6.07) is 8.70. The molecule has 1 N–H and O–H groups in total. The third kappa shape index (κ3) is 4.55. The van der Waals surface area contributed by atoms with Gasteiger partial charge in [-0.15, -0.1) is 0 Å². The van der Waals surface area contributed by atoms with Crippen LogP contribution in [0.25, 0.3) is 0 Å². The zero-order valence-electron chi connectivity index (χ0n) is 13.9. The van der Waals surface area contributed by atoms with Gasteiger partial charge in [-0.1, -0.05) is 23.2 Å². The van der Waals surface area contributed by atoms with Gasteiger partial charge in [-0.05, 0) is 37.3 Å². The molecule has 1 fully saturated rings. The Morgan fingerprint density at radius 2 is 1.96 bits per heavy atom. The first-order chi connectivity index (χ1) is 12.0. The zero-order valence-corrected chi connectivity index (χ0v) is 15.4. The van der Waals surface area contributed by atoms with E-state index in [9.17, 15) is 4.79 Å². The van der Waals surface area contributed by atoms with Gasteiger partial charge in [0.2, 0.25) is 0 Å². The predicted molar refractivity (Wildman–Crippen MR) is 97.4 cm³/mol. The highest BCUT2D eigenvalue weighted by Gasteiger charge is 2.25. The molecular formula is C18H20Cl2N2O3. The van der Waals surface area contributed by atoms with E-state index in [0.29, 0.717) is 35.4 Å². The maximum atomic E-state index is 12.4. The van der Waals surface area contributed by atoms with Crippen LogP contribution in [0.4, 0.5) is 0 Å². The van der Waals surface area contributed by atoms with Gasteiger partial charge in [-0.3, -0.25) is 9.69 Å². The molecule has 1 amide bonds. The number of hydrogen-bond acceptors (Lipinski definition) is 4.